The Hall–Kier alpha value is -1.18. The van der Waals surface area contributed by atoms with Crippen LogP contribution in [-0.2, 0) is 9.53 Å². The zero-order chi connectivity index (χ0) is 17.9. The van der Waals surface area contributed by atoms with Gasteiger partial charge >= 0.3 is 5.97 Å². The standard InChI is InChI=1S/C18H26BrN3O3/c1-21(9-5-18(17(23)24)6-10-25-11-7-18)15-4-8-22(13-15)16-3-2-14(19)12-20-16/h2-3,12,15H,4-11,13H2,1H3,(H,23,24). The van der Waals surface area contributed by atoms with E-state index in [0.29, 0.717) is 38.5 Å². The van der Waals surface area contributed by atoms with Gasteiger partial charge in [0.1, 0.15) is 5.82 Å². The van der Waals surface area contributed by atoms with Gasteiger partial charge in [0.05, 0.1) is 5.41 Å². The third-order valence-electron chi connectivity index (χ3n) is 5.67. The maximum atomic E-state index is 11.8. The molecule has 2 fully saturated rings. The van der Waals surface area contributed by atoms with Crippen molar-refractivity contribution >= 4 is 27.7 Å². The lowest BCUT2D eigenvalue weighted by molar-refractivity contribution is -0.155. The summed E-state index contributed by atoms with van der Waals surface area (Å²) in [6, 6.07) is 4.49. The molecule has 2 aliphatic rings. The van der Waals surface area contributed by atoms with Crippen molar-refractivity contribution in [3.63, 3.8) is 0 Å². The summed E-state index contributed by atoms with van der Waals surface area (Å²) in [6.07, 6.45) is 4.84. The number of pyridine rings is 1. The molecule has 1 aromatic heterocycles. The van der Waals surface area contributed by atoms with Gasteiger partial charge in [0, 0.05) is 43.0 Å². The lowest BCUT2D eigenvalue weighted by Crippen LogP contribution is -2.42. The van der Waals surface area contributed by atoms with Crippen LogP contribution in [0.4, 0.5) is 5.82 Å². The van der Waals surface area contributed by atoms with Crippen LogP contribution in [0.25, 0.3) is 0 Å². The molecule has 1 atom stereocenters. The maximum Gasteiger partial charge on any atom is 0.309 e. The molecule has 6 nitrogen and oxygen atoms in total. The molecule has 7 heteroatoms. The minimum Gasteiger partial charge on any atom is -0.481 e. The third kappa shape index (κ3) is 4.33. The van der Waals surface area contributed by atoms with Crippen molar-refractivity contribution in [3.8, 4) is 0 Å². The molecule has 0 amide bonds. The number of aliphatic carboxylic acids is 1. The van der Waals surface area contributed by atoms with Crippen molar-refractivity contribution in [2.45, 2.75) is 31.7 Å². The Balaban J connectivity index is 1.54. The smallest absolute Gasteiger partial charge is 0.309 e. The molecule has 0 aromatic carbocycles. The van der Waals surface area contributed by atoms with Gasteiger partial charge in [-0.1, -0.05) is 0 Å². The molecule has 0 radical (unpaired) electrons. The van der Waals surface area contributed by atoms with E-state index in [1.807, 2.05) is 18.3 Å². The molecule has 3 rings (SSSR count). The van der Waals surface area contributed by atoms with Crippen LogP contribution in [0.3, 0.4) is 0 Å². The Kier molecular flexibility index (Phi) is 5.96. The van der Waals surface area contributed by atoms with E-state index >= 15 is 0 Å². The minimum atomic E-state index is -0.670. The lowest BCUT2D eigenvalue weighted by atomic mass is 9.77. The number of rotatable bonds is 6. The molecule has 1 aromatic rings. The average molecular weight is 412 g/mol. The average Bonchev–Trinajstić information content (AvgIpc) is 3.11. The highest BCUT2D eigenvalue weighted by Crippen LogP contribution is 2.35. The number of carbonyl (C=O) groups is 1. The van der Waals surface area contributed by atoms with Gasteiger partial charge < -0.3 is 19.6 Å². The highest BCUT2D eigenvalue weighted by molar-refractivity contribution is 9.10. The zero-order valence-corrected chi connectivity index (χ0v) is 16.2. The van der Waals surface area contributed by atoms with Crippen LogP contribution in [0.5, 0.6) is 0 Å². The summed E-state index contributed by atoms with van der Waals surface area (Å²) in [5.41, 5.74) is -0.613. The largest absolute Gasteiger partial charge is 0.481 e. The predicted octanol–water partition coefficient (Wildman–Crippen LogP) is 2.63. The van der Waals surface area contributed by atoms with Gasteiger partial charge in [-0.3, -0.25) is 4.79 Å². The minimum absolute atomic E-state index is 0.441. The van der Waals surface area contributed by atoms with Gasteiger partial charge in [-0.05, 0) is 67.3 Å². The summed E-state index contributed by atoms with van der Waals surface area (Å²) in [6.45, 7) is 3.85. The van der Waals surface area contributed by atoms with Crippen LogP contribution < -0.4 is 4.90 Å². The third-order valence-corrected chi connectivity index (χ3v) is 6.14. The monoisotopic (exact) mass is 411 g/mol. The Morgan fingerprint density at radius 1 is 1.48 bits per heavy atom. The van der Waals surface area contributed by atoms with Crippen molar-refractivity contribution in [2.75, 3.05) is 44.8 Å². The fraction of sp³-hybridized carbons (Fsp3) is 0.667. The van der Waals surface area contributed by atoms with Crippen molar-refractivity contribution < 1.29 is 14.6 Å². The van der Waals surface area contributed by atoms with Crippen LogP contribution in [0.2, 0.25) is 0 Å². The topological polar surface area (TPSA) is 65.9 Å². The second-order valence-corrected chi connectivity index (χ2v) is 8.07. The fourth-order valence-electron chi connectivity index (χ4n) is 3.77. The number of nitrogens with zero attached hydrogens (tertiary/aromatic N) is 3. The number of carboxylic acids is 1. The molecular formula is C18H26BrN3O3. The van der Waals surface area contributed by atoms with Crippen LogP contribution >= 0.6 is 15.9 Å². The summed E-state index contributed by atoms with van der Waals surface area (Å²) in [7, 11) is 2.11. The van der Waals surface area contributed by atoms with E-state index in [1.54, 1.807) is 0 Å². The first-order chi connectivity index (χ1) is 12.0. The van der Waals surface area contributed by atoms with Crippen LogP contribution in [0, 0.1) is 5.41 Å². The molecule has 138 valence electrons. The van der Waals surface area contributed by atoms with E-state index in [9.17, 15) is 9.90 Å². The summed E-state index contributed by atoms with van der Waals surface area (Å²) in [5, 5.41) is 9.69. The van der Waals surface area contributed by atoms with Crippen molar-refractivity contribution in [2.24, 2.45) is 5.41 Å². The summed E-state index contributed by atoms with van der Waals surface area (Å²) in [4.78, 5) is 20.9. The fourth-order valence-corrected chi connectivity index (χ4v) is 4.01. The molecule has 25 heavy (non-hydrogen) atoms. The van der Waals surface area contributed by atoms with E-state index in [0.717, 1.165) is 36.3 Å². The number of aromatic nitrogens is 1. The maximum absolute atomic E-state index is 11.8. The van der Waals surface area contributed by atoms with Crippen LogP contribution in [-0.4, -0.2) is 66.9 Å². The van der Waals surface area contributed by atoms with E-state index in [1.165, 1.54) is 0 Å². The number of likely N-dealkylation sites (N-methyl/N-ethyl adjacent to an activating group) is 1. The van der Waals surface area contributed by atoms with Gasteiger partial charge in [-0.15, -0.1) is 0 Å². The quantitative estimate of drug-likeness (QED) is 0.775. The number of hydrogen-bond acceptors (Lipinski definition) is 5. The first-order valence-corrected chi connectivity index (χ1v) is 9.67. The first kappa shape index (κ1) is 18.6. The second kappa shape index (κ2) is 8.01. The molecule has 2 saturated heterocycles. The Bertz CT molecular complexity index is 590. The number of anilines is 1. The molecule has 0 bridgehead atoms. The normalized spacial score (nSPS) is 23.2. The number of hydrogen-bond donors (Lipinski definition) is 1. The van der Waals surface area contributed by atoms with E-state index < -0.39 is 11.4 Å². The Morgan fingerprint density at radius 2 is 2.24 bits per heavy atom. The molecule has 1 unspecified atom stereocenters. The van der Waals surface area contributed by atoms with E-state index in [-0.39, 0.29) is 0 Å². The SMILES string of the molecule is CN(CCC1(C(=O)O)CCOCC1)C1CCN(c2ccc(Br)cn2)C1. The first-order valence-electron chi connectivity index (χ1n) is 8.88. The van der Waals surface area contributed by atoms with Gasteiger partial charge in [0.2, 0.25) is 0 Å². The Morgan fingerprint density at radius 3 is 2.88 bits per heavy atom. The van der Waals surface area contributed by atoms with Gasteiger partial charge in [-0.25, -0.2) is 4.98 Å². The summed E-state index contributed by atoms with van der Waals surface area (Å²) in [5.74, 6) is 0.335. The Labute approximate surface area is 157 Å². The van der Waals surface area contributed by atoms with Gasteiger partial charge in [-0.2, -0.15) is 0 Å². The van der Waals surface area contributed by atoms with Crippen molar-refractivity contribution in [1.29, 1.82) is 0 Å². The lowest BCUT2D eigenvalue weighted by Gasteiger charge is -2.35. The van der Waals surface area contributed by atoms with Gasteiger partial charge in [0.25, 0.3) is 0 Å². The van der Waals surface area contributed by atoms with Gasteiger partial charge in [0.15, 0.2) is 0 Å². The van der Waals surface area contributed by atoms with Crippen LogP contribution in [0.1, 0.15) is 25.7 Å². The van der Waals surface area contributed by atoms with Crippen molar-refractivity contribution in [3.05, 3.63) is 22.8 Å². The second-order valence-electron chi connectivity index (χ2n) is 7.15. The molecule has 1 N–H and O–H groups in total. The molecule has 0 spiro atoms. The summed E-state index contributed by atoms with van der Waals surface area (Å²) < 4.78 is 6.34. The predicted molar refractivity (Wildman–Crippen MR) is 99.9 cm³/mol. The van der Waals surface area contributed by atoms with E-state index in [2.05, 4.69) is 37.8 Å². The summed E-state index contributed by atoms with van der Waals surface area (Å²) >= 11 is 3.42. The number of carboxylic acid groups (broad SMARTS) is 1. The number of halogens is 1. The van der Waals surface area contributed by atoms with E-state index in [4.69, 9.17) is 4.74 Å². The molecule has 2 aliphatic heterocycles. The molecule has 0 saturated carbocycles. The van der Waals surface area contributed by atoms with Crippen LogP contribution in [0.15, 0.2) is 22.8 Å². The van der Waals surface area contributed by atoms with Crippen molar-refractivity contribution in [1.82, 2.24) is 9.88 Å². The molecule has 0 aliphatic carbocycles. The molecular weight excluding hydrogens is 386 g/mol. The highest BCUT2D eigenvalue weighted by atomic mass is 79.9. The highest BCUT2D eigenvalue weighted by Gasteiger charge is 2.40. The number of ether oxygens (including phenoxy) is 1. The molecule has 3 heterocycles. The zero-order valence-electron chi connectivity index (χ0n) is 14.7.